The molecule has 0 bridgehead atoms. The zero-order valence-electron chi connectivity index (χ0n) is 32.2. The van der Waals surface area contributed by atoms with Gasteiger partial charge in [0, 0.05) is 17.1 Å². The Kier molecular flexibility index (Phi) is 8.24. The summed E-state index contributed by atoms with van der Waals surface area (Å²) in [7, 11) is 0. The summed E-state index contributed by atoms with van der Waals surface area (Å²) in [5.41, 5.74) is 18.4. The summed E-state index contributed by atoms with van der Waals surface area (Å²) in [6.45, 7) is 0. The zero-order chi connectivity index (χ0) is 39.3. The smallest absolute Gasteiger partial charge is 0.0998 e. The predicted molar refractivity (Wildman–Crippen MR) is 247 cm³/mol. The minimum atomic E-state index is 0.671. The molecule has 59 heavy (non-hydrogen) atoms. The van der Waals surface area contributed by atoms with Gasteiger partial charge in [0.1, 0.15) is 0 Å². The van der Waals surface area contributed by atoms with Crippen LogP contribution >= 0.6 is 0 Å². The van der Waals surface area contributed by atoms with E-state index in [2.05, 4.69) is 205 Å². The van der Waals surface area contributed by atoms with E-state index in [1.807, 2.05) is 24.3 Å². The number of anilines is 3. The highest BCUT2D eigenvalue weighted by atomic mass is 15.1. The highest BCUT2D eigenvalue weighted by molar-refractivity contribution is 6.28. The summed E-state index contributed by atoms with van der Waals surface area (Å²) in [5.74, 6) is 0. The van der Waals surface area contributed by atoms with E-state index in [1.54, 1.807) is 0 Å². The van der Waals surface area contributed by atoms with E-state index in [-0.39, 0.29) is 0 Å². The average Bonchev–Trinajstić information content (AvgIpc) is 3.64. The van der Waals surface area contributed by atoms with Crippen molar-refractivity contribution < 1.29 is 0 Å². The Hall–Kier alpha value is -7.99. The fourth-order valence-electron chi connectivity index (χ4n) is 9.30. The van der Waals surface area contributed by atoms with Crippen LogP contribution in [0, 0.1) is 11.3 Å². The monoisotopic (exact) mass is 748 g/mol. The van der Waals surface area contributed by atoms with E-state index >= 15 is 0 Å². The largest absolute Gasteiger partial charge is 0.311 e. The van der Waals surface area contributed by atoms with Crippen LogP contribution in [0.4, 0.5) is 17.1 Å². The Morgan fingerprint density at radius 2 is 0.712 bits per heavy atom. The van der Waals surface area contributed by atoms with E-state index in [0.29, 0.717) is 5.56 Å². The summed E-state index contributed by atoms with van der Waals surface area (Å²) in [5, 5.41) is 14.8. The lowest BCUT2D eigenvalue weighted by molar-refractivity contribution is 1.28. The minimum Gasteiger partial charge on any atom is -0.311 e. The summed E-state index contributed by atoms with van der Waals surface area (Å²) in [6, 6.07) is 80.3. The lowest BCUT2D eigenvalue weighted by Gasteiger charge is -2.26. The average molecular weight is 749 g/mol. The molecule has 2 heteroatoms. The molecule has 1 aliphatic carbocycles. The van der Waals surface area contributed by atoms with Gasteiger partial charge in [0.2, 0.25) is 0 Å². The summed E-state index contributed by atoms with van der Waals surface area (Å²) in [4.78, 5) is 2.29. The molecule has 0 fully saturated rings. The Bertz CT molecular complexity index is 3140. The first-order valence-corrected chi connectivity index (χ1v) is 20.1. The van der Waals surface area contributed by atoms with Crippen LogP contribution in [-0.2, 0) is 0 Å². The van der Waals surface area contributed by atoms with Crippen molar-refractivity contribution in [1.29, 1.82) is 5.26 Å². The van der Waals surface area contributed by atoms with E-state index in [9.17, 15) is 5.26 Å². The quantitative estimate of drug-likeness (QED) is 0.162. The van der Waals surface area contributed by atoms with E-state index in [0.717, 1.165) is 28.2 Å². The van der Waals surface area contributed by atoms with Crippen LogP contribution in [-0.4, -0.2) is 0 Å². The van der Waals surface area contributed by atoms with Crippen LogP contribution in [0.1, 0.15) is 5.56 Å². The van der Waals surface area contributed by atoms with Crippen molar-refractivity contribution in [3.63, 3.8) is 0 Å². The molecule has 0 unspecified atom stereocenters. The lowest BCUT2D eigenvalue weighted by Crippen LogP contribution is -2.09. The van der Waals surface area contributed by atoms with Crippen LogP contribution in [0.25, 0.3) is 88.3 Å². The maximum Gasteiger partial charge on any atom is 0.0998 e. The molecular weight excluding hydrogens is 713 g/mol. The minimum absolute atomic E-state index is 0.671. The van der Waals surface area contributed by atoms with Gasteiger partial charge in [0.25, 0.3) is 0 Å². The van der Waals surface area contributed by atoms with Crippen LogP contribution in [0.15, 0.2) is 218 Å². The van der Waals surface area contributed by atoms with Crippen molar-refractivity contribution in [2.45, 2.75) is 0 Å². The van der Waals surface area contributed by atoms with Crippen LogP contribution in [0.5, 0.6) is 0 Å². The van der Waals surface area contributed by atoms with Crippen LogP contribution in [0.2, 0.25) is 0 Å². The molecule has 10 aromatic rings. The molecule has 0 saturated heterocycles. The van der Waals surface area contributed by atoms with E-state index in [4.69, 9.17) is 0 Å². The third-order valence-electron chi connectivity index (χ3n) is 11.9. The molecule has 0 saturated carbocycles. The number of nitrogens with zero attached hydrogens (tertiary/aromatic N) is 2. The van der Waals surface area contributed by atoms with E-state index < -0.39 is 0 Å². The maximum absolute atomic E-state index is 9.74. The Morgan fingerprint density at radius 3 is 1.29 bits per heavy atom. The number of benzene rings is 10. The van der Waals surface area contributed by atoms with Crippen molar-refractivity contribution >= 4 is 38.6 Å². The van der Waals surface area contributed by atoms with Gasteiger partial charge in [-0.25, -0.2) is 0 Å². The second kappa shape index (κ2) is 14.2. The molecule has 0 aromatic heterocycles. The van der Waals surface area contributed by atoms with Gasteiger partial charge in [-0.2, -0.15) is 5.26 Å². The second-order valence-electron chi connectivity index (χ2n) is 15.1. The summed E-state index contributed by atoms with van der Waals surface area (Å²) >= 11 is 0. The highest BCUT2D eigenvalue weighted by Crippen LogP contribution is 2.58. The van der Waals surface area contributed by atoms with Crippen molar-refractivity contribution in [2.24, 2.45) is 0 Å². The SMILES string of the molecule is N#Cc1ccccc1-c1ccc(N(c2ccccc2)c2ccc(-c3ccc4c5c(cccc35)-c3c-4c(-c4ccccc4)c4ccccc4c3-c3ccccc3)cc2)cc1. The number of hydrogen-bond acceptors (Lipinski definition) is 2. The first-order chi connectivity index (χ1) is 29.3. The fourth-order valence-corrected chi connectivity index (χ4v) is 9.30. The number of rotatable bonds is 7. The van der Waals surface area contributed by atoms with Crippen molar-refractivity contribution in [1.82, 2.24) is 0 Å². The maximum atomic E-state index is 9.74. The van der Waals surface area contributed by atoms with Gasteiger partial charge in [-0.1, -0.05) is 176 Å². The van der Waals surface area contributed by atoms with Crippen molar-refractivity contribution in [3.8, 4) is 72.8 Å². The second-order valence-corrected chi connectivity index (χ2v) is 15.1. The number of fused-ring (bicyclic) bond motifs is 4. The Labute approximate surface area is 344 Å². The normalized spacial score (nSPS) is 11.4. The molecule has 0 aliphatic heterocycles. The van der Waals surface area contributed by atoms with E-state index in [1.165, 1.54) is 77.2 Å². The van der Waals surface area contributed by atoms with Crippen molar-refractivity contribution in [2.75, 3.05) is 4.90 Å². The summed E-state index contributed by atoms with van der Waals surface area (Å²) in [6.07, 6.45) is 0. The first-order valence-electron chi connectivity index (χ1n) is 20.1. The Balaban J connectivity index is 1.06. The number of nitriles is 1. The fraction of sp³-hybridized carbons (Fsp3) is 0. The van der Waals surface area contributed by atoms with Gasteiger partial charge >= 0.3 is 0 Å². The molecular formula is C57H36N2. The molecule has 11 rings (SSSR count). The zero-order valence-corrected chi connectivity index (χ0v) is 32.2. The lowest BCUT2D eigenvalue weighted by atomic mass is 9.82. The highest BCUT2D eigenvalue weighted by Gasteiger charge is 2.31. The Morgan fingerprint density at radius 1 is 0.288 bits per heavy atom. The van der Waals surface area contributed by atoms with Gasteiger partial charge in [-0.15, -0.1) is 0 Å². The molecule has 274 valence electrons. The van der Waals surface area contributed by atoms with Gasteiger partial charge < -0.3 is 4.90 Å². The molecule has 0 spiro atoms. The van der Waals surface area contributed by atoms with Crippen LogP contribution < -0.4 is 4.90 Å². The molecule has 10 aromatic carbocycles. The molecule has 0 atom stereocenters. The third-order valence-corrected chi connectivity index (χ3v) is 11.9. The molecule has 0 amide bonds. The standard InChI is InChI=1S/C57H36N2/c58-37-42-19-10-11-22-46(42)38-27-31-44(32-28-38)59(43-20-8-3-9-21-43)45-33-29-39(30-34-45)47-35-36-52-55-48(47)25-14-26-51(55)56-53(40-15-4-1-5-16-40)49-23-12-13-24-50(49)54(57(52)56)41-17-6-2-7-18-41/h1-36H. The molecule has 1 aliphatic rings. The summed E-state index contributed by atoms with van der Waals surface area (Å²) < 4.78 is 0. The topological polar surface area (TPSA) is 27.0 Å². The van der Waals surface area contributed by atoms with Gasteiger partial charge in [-0.3, -0.25) is 0 Å². The van der Waals surface area contributed by atoms with Gasteiger partial charge in [-0.05, 0) is 131 Å². The molecule has 0 heterocycles. The molecule has 0 N–H and O–H groups in total. The van der Waals surface area contributed by atoms with Crippen molar-refractivity contribution in [3.05, 3.63) is 224 Å². The van der Waals surface area contributed by atoms with Crippen LogP contribution in [0.3, 0.4) is 0 Å². The predicted octanol–water partition coefficient (Wildman–Crippen LogP) is 15.6. The van der Waals surface area contributed by atoms with Gasteiger partial charge in [0.15, 0.2) is 0 Å². The number of para-hydroxylation sites is 1. The molecule has 2 nitrogen and oxygen atoms in total. The number of hydrogen-bond donors (Lipinski definition) is 0. The first kappa shape index (κ1) is 34.3. The molecule has 0 radical (unpaired) electrons. The van der Waals surface area contributed by atoms with Gasteiger partial charge in [0.05, 0.1) is 11.6 Å². The third kappa shape index (κ3) is 5.64.